The van der Waals surface area contributed by atoms with Gasteiger partial charge in [0.05, 0.1) is 49.6 Å². The van der Waals surface area contributed by atoms with E-state index in [1.807, 2.05) is 21.1 Å². The molecular weight excluding hydrogens is 596 g/mol. The van der Waals surface area contributed by atoms with Gasteiger partial charge in [-0.3, -0.25) is 19.8 Å². The van der Waals surface area contributed by atoms with Crippen molar-refractivity contribution in [1.29, 1.82) is 0 Å². The maximum absolute atomic E-state index is 13.3. The van der Waals surface area contributed by atoms with E-state index in [-0.39, 0.29) is 52.8 Å². The Kier molecular flexibility index (Phi) is 9.36. The first kappa shape index (κ1) is 28.7. The number of carbonyl (C=O) groups excluding carboxylic acids is 1. The molecule has 0 radical (unpaired) electrons. The number of non-ortho nitro benzene ring substituents is 1. The van der Waals surface area contributed by atoms with Crippen LogP contribution in [0.15, 0.2) is 53.9 Å². The normalized spacial score (nSPS) is 11.6. The summed E-state index contributed by atoms with van der Waals surface area (Å²) in [6.45, 7) is 0.707. The van der Waals surface area contributed by atoms with Gasteiger partial charge < -0.3 is 28.5 Å². The van der Waals surface area contributed by atoms with Crippen LogP contribution in [0.1, 0.15) is 18.4 Å². The van der Waals surface area contributed by atoms with Crippen LogP contribution in [0.4, 0.5) is 29.7 Å². The Morgan fingerprint density at radius 2 is 1.83 bits per heavy atom. The Labute approximate surface area is 222 Å². The zero-order valence-electron chi connectivity index (χ0n) is 19.3. The van der Waals surface area contributed by atoms with Crippen LogP contribution in [-0.2, 0) is 11.0 Å². The van der Waals surface area contributed by atoms with Crippen LogP contribution in [0.25, 0.3) is 11.3 Å². The lowest BCUT2D eigenvalue weighted by atomic mass is 10.1. The van der Waals surface area contributed by atoms with Crippen LogP contribution in [0.2, 0.25) is 0 Å². The number of halogens is 4. The summed E-state index contributed by atoms with van der Waals surface area (Å²) in [7, 11) is 5.96. The Hall–Kier alpha value is -2.58. The molecular formula is C23H24F3IN4O3S. The highest BCUT2D eigenvalue weighted by Crippen LogP contribution is 2.37. The van der Waals surface area contributed by atoms with E-state index in [0.717, 1.165) is 23.5 Å². The van der Waals surface area contributed by atoms with E-state index in [1.54, 1.807) is 11.4 Å². The van der Waals surface area contributed by atoms with Crippen molar-refractivity contribution in [3.8, 4) is 11.3 Å². The molecule has 0 aliphatic heterocycles. The number of quaternary nitrogens is 1. The number of alkyl halides is 3. The zero-order chi connectivity index (χ0) is 25.1. The number of amides is 1. The molecule has 0 saturated carbocycles. The smallest absolute Gasteiger partial charge is 0.416 e. The molecule has 0 bridgehead atoms. The van der Waals surface area contributed by atoms with Crippen molar-refractivity contribution in [2.24, 2.45) is 0 Å². The fraction of sp³-hybridized carbons (Fsp3) is 0.304. The van der Waals surface area contributed by atoms with Gasteiger partial charge in [0.1, 0.15) is 0 Å². The zero-order valence-corrected chi connectivity index (χ0v) is 22.2. The second-order valence-corrected chi connectivity index (χ2v) is 9.55. The van der Waals surface area contributed by atoms with Gasteiger partial charge in [-0.25, -0.2) is 4.98 Å². The van der Waals surface area contributed by atoms with Crippen LogP contribution in [0.5, 0.6) is 0 Å². The molecule has 188 valence electrons. The van der Waals surface area contributed by atoms with E-state index in [1.165, 1.54) is 35.2 Å². The highest BCUT2D eigenvalue weighted by molar-refractivity contribution is 7.14. The van der Waals surface area contributed by atoms with Gasteiger partial charge in [-0.15, -0.1) is 11.3 Å². The standard InChI is InChI=1S/C23H24F3N4O3S.HI/c1-30(2,3)12-6-11-21(31)28(18-9-5-8-17(14-18)23(24,25)26)22-27-20(15-34-22)16-7-4-10-19(13-16)29(32)33;/h4-5,7-10,13-15H,6,11-12H2,1-3H3;1H/q+1;/p-1. The number of hydrogen-bond donors (Lipinski definition) is 0. The van der Waals surface area contributed by atoms with Gasteiger partial charge in [0.2, 0.25) is 5.91 Å². The van der Waals surface area contributed by atoms with E-state index in [2.05, 4.69) is 4.98 Å². The summed E-state index contributed by atoms with van der Waals surface area (Å²) in [6, 6.07) is 10.4. The summed E-state index contributed by atoms with van der Waals surface area (Å²) in [5, 5.41) is 12.9. The minimum Gasteiger partial charge on any atom is -1.00 e. The maximum atomic E-state index is 13.3. The molecule has 0 saturated heterocycles. The summed E-state index contributed by atoms with van der Waals surface area (Å²) in [5.74, 6) is -0.382. The molecule has 0 aliphatic carbocycles. The van der Waals surface area contributed by atoms with Gasteiger partial charge in [-0.2, -0.15) is 13.2 Å². The summed E-state index contributed by atoms with van der Waals surface area (Å²) < 4.78 is 40.6. The first-order valence-corrected chi connectivity index (χ1v) is 11.2. The minimum atomic E-state index is -4.56. The Bertz CT molecular complexity index is 1190. The first-order chi connectivity index (χ1) is 15.8. The van der Waals surface area contributed by atoms with Crippen LogP contribution in [0.3, 0.4) is 0 Å². The number of nitro groups is 1. The van der Waals surface area contributed by atoms with Crippen molar-refractivity contribution in [3.63, 3.8) is 0 Å². The van der Waals surface area contributed by atoms with Crippen molar-refractivity contribution in [2.75, 3.05) is 32.6 Å². The van der Waals surface area contributed by atoms with Crippen LogP contribution in [-0.4, -0.2) is 48.0 Å². The maximum Gasteiger partial charge on any atom is 0.416 e. The molecule has 1 amide bonds. The number of nitrogens with zero attached hydrogens (tertiary/aromatic N) is 4. The number of thiazole rings is 1. The predicted molar refractivity (Wildman–Crippen MR) is 125 cm³/mol. The number of rotatable bonds is 8. The molecule has 0 spiro atoms. The van der Waals surface area contributed by atoms with Crippen molar-refractivity contribution in [1.82, 2.24) is 4.98 Å². The highest BCUT2D eigenvalue weighted by Gasteiger charge is 2.32. The lowest BCUT2D eigenvalue weighted by Crippen LogP contribution is -3.00. The summed E-state index contributed by atoms with van der Waals surface area (Å²) in [4.78, 5) is 29.4. The SMILES string of the molecule is C[N+](C)(C)CCCC(=O)N(c1cccc(C(F)(F)F)c1)c1nc(-c2cccc([N+](=O)[O-])c2)cs1.[I-]. The van der Waals surface area contributed by atoms with Gasteiger partial charge in [0, 0.05) is 35.9 Å². The lowest BCUT2D eigenvalue weighted by molar-refractivity contribution is -0.870. The highest BCUT2D eigenvalue weighted by atomic mass is 127. The average Bonchev–Trinajstić information content (AvgIpc) is 3.22. The molecule has 7 nitrogen and oxygen atoms in total. The fourth-order valence-electron chi connectivity index (χ4n) is 3.28. The minimum absolute atomic E-state index is 0. The molecule has 0 fully saturated rings. The van der Waals surface area contributed by atoms with Crippen LogP contribution < -0.4 is 28.9 Å². The number of anilines is 2. The Morgan fingerprint density at radius 3 is 2.46 bits per heavy atom. The molecule has 1 aromatic heterocycles. The molecule has 0 aliphatic rings. The topological polar surface area (TPSA) is 76.3 Å². The van der Waals surface area contributed by atoms with Crippen molar-refractivity contribution >= 4 is 33.8 Å². The van der Waals surface area contributed by atoms with Gasteiger partial charge >= 0.3 is 6.18 Å². The van der Waals surface area contributed by atoms with E-state index >= 15 is 0 Å². The number of hydrogen-bond acceptors (Lipinski definition) is 5. The molecule has 35 heavy (non-hydrogen) atoms. The van der Waals surface area contributed by atoms with E-state index in [0.29, 0.717) is 28.7 Å². The molecule has 2 aromatic carbocycles. The van der Waals surface area contributed by atoms with Crippen molar-refractivity contribution in [3.05, 3.63) is 69.6 Å². The first-order valence-electron chi connectivity index (χ1n) is 10.4. The summed E-state index contributed by atoms with van der Waals surface area (Å²) in [6.07, 6.45) is -3.90. The van der Waals surface area contributed by atoms with E-state index in [4.69, 9.17) is 0 Å². The number of benzene rings is 2. The largest absolute Gasteiger partial charge is 1.00 e. The molecule has 1 heterocycles. The Morgan fingerprint density at radius 1 is 1.14 bits per heavy atom. The third-order valence-electron chi connectivity index (χ3n) is 4.94. The predicted octanol–water partition coefficient (Wildman–Crippen LogP) is 2.89. The van der Waals surface area contributed by atoms with E-state index < -0.39 is 16.7 Å². The van der Waals surface area contributed by atoms with Gasteiger partial charge in [0.15, 0.2) is 5.13 Å². The molecule has 12 heteroatoms. The van der Waals surface area contributed by atoms with Gasteiger partial charge in [-0.1, -0.05) is 18.2 Å². The second kappa shape index (κ2) is 11.4. The third kappa shape index (κ3) is 7.70. The van der Waals surface area contributed by atoms with Gasteiger partial charge in [0.25, 0.3) is 5.69 Å². The summed E-state index contributed by atoms with van der Waals surface area (Å²) in [5.41, 5.74) is -0.0641. The monoisotopic (exact) mass is 620 g/mol. The third-order valence-corrected chi connectivity index (χ3v) is 5.76. The molecule has 0 unspecified atom stereocenters. The molecule has 0 N–H and O–H groups in total. The molecule has 3 aromatic rings. The van der Waals surface area contributed by atoms with Crippen molar-refractivity contribution in [2.45, 2.75) is 19.0 Å². The van der Waals surface area contributed by atoms with Crippen molar-refractivity contribution < 1.29 is 51.3 Å². The second-order valence-electron chi connectivity index (χ2n) is 8.72. The number of carbonyl (C=O) groups is 1. The fourth-order valence-corrected chi connectivity index (χ4v) is 4.15. The van der Waals surface area contributed by atoms with E-state index in [9.17, 15) is 28.1 Å². The Balaban J connectivity index is 0.00000432. The number of aromatic nitrogens is 1. The summed E-state index contributed by atoms with van der Waals surface area (Å²) >= 11 is 1.08. The van der Waals surface area contributed by atoms with Crippen LogP contribution in [0, 0.1) is 10.1 Å². The quantitative estimate of drug-likeness (QED) is 0.168. The average molecular weight is 620 g/mol. The lowest BCUT2D eigenvalue weighted by Gasteiger charge is -2.25. The molecule has 0 atom stereocenters. The van der Waals surface area contributed by atoms with Crippen LogP contribution >= 0.6 is 11.3 Å². The van der Waals surface area contributed by atoms with Gasteiger partial charge in [-0.05, 0) is 18.2 Å². The number of nitro benzene ring substituents is 1. The molecule has 3 rings (SSSR count).